The van der Waals surface area contributed by atoms with Crippen LogP contribution < -0.4 is 10.2 Å². The number of nitrogens with one attached hydrogen (secondary N) is 1. The number of hydrogen-bond donors (Lipinski definition) is 1. The summed E-state index contributed by atoms with van der Waals surface area (Å²) < 4.78 is 31.8. The van der Waals surface area contributed by atoms with Crippen molar-refractivity contribution in [2.45, 2.75) is 6.92 Å². The molecule has 2 aromatic carbocycles. The second kappa shape index (κ2) is 9.47. The molecule has 3 rings (SSSR count). The Kier molecular flexibility index (Phi) is 6.77. The van der Waals surface area contributed by atoms with Crippen molar-refractivity contribution in [1.29, 1.82) is 0 Å². The first-order valence-corrected chi connectivity index (χ1v) is 9.46. The van der Waals surface area contributed by atoms with E-state index in [9.17, 15) is 18.4 Å². The minimum atomic E-state index is -1.22. The average Bonchev–Trinajstić information content (AvgIpc) is 2.73. The van der Waals surface area contributed by atoms with Crippen molar-refractivity contribution < 1.29 is 23.1 Å². The van der Waals surface area contributed by atoms with Crippen LogP contribution in [0.2, 0.25) is 0 Å². The highest BCUT2D eigenvalue weighted by Crippen LogP contribution is 2.19. The third-order valence-electron chi connectivity index (χ3n) is 4.84. The number of rotatable bonds is 6. The number of likely N-dealkylation sites (N-methyl/N-ethyl adjacent to an activating group) is 1. The molecule has 1 heterocycles. The Morgan fingerprint density at radius 2 is 1.62 bits per heavy atom. The third-order valence-corrected chi connectivity index (χ3v) is 4.84. The molecule has 1 aliphatic rings. The molecule has 6 nitrogen and oxygen atoms in total. The molecule has 154 valence electrons. The van der Waals surface area contributed by atoms with E-state index in [4.69, 9.17) is 4.74 Å². The van der Waals surface area contributed by atoms with Gasteiger partial charge in [-0.25, -0.2) is 13.6 Å². The highest BCUT2D eigenvalue weighted by molar-refractivity contribution is 5.95. The van der Waals surface area contributed by atoms with Gasteiger partial charge in [0.05, 0.1) is 0 Å². The summed E-state index contributed by atoms with van der Waals surface area (Å²) in [5, 5.41) is 2.59. The molecule has 1 N–H and O–H groups in total. The summed E-state index contributed by atoms with van der Waals surface area (Å²) in [5.74, 6) is -3.90. The summed E-state index contributed by atoms with van der Waals surface area (Å²) in [4.78, 5) is 28.5. The van der Waals surface area contributed by atoms with Crippen LogP contribution in [0, 0.1) is 11.6 Å². The molecule has 1 aliphatic heterocycles. The highest BCUT2D eigenvalue weighted by atomic mass is 19.1. The van der Waals surface area contributed by atoms with Crippen molar-refractivity contribution in [3.63, 3.8) is 0 Å². The molecule has 0 unspecified atom stereocenters. The predicted octanol–water partition coefficient (Wildman–Crippen LogP) is 2.90. The molecule has 1 fully saturated rings. The summed E-state index contributed by atoms with van der Waals surface area (Å²) in [6, 6.07) is 10.4. The van der Waals surface area contributed by atoms with Gasteiger partial charge < -0.3 is 19.9 Å². The van der Waals surface area contributed by atoms with Gasteiger partial charge in [0.15, 0.2) is 6.61 Å². The lowest BCUT2D eigenvalue weighted by Gasteiger charge is -2.35. The number of carbonyl (C=O) groups is 2. The van der Waals surface area contributed by atoms with Gasteiger partial charge in [-0.15, -0.1) is 0 Å². The van der Waals surface area contributed by atoms with Crippen molar-refractivity contribution in [2.24, 2.45) is 0 Å². The number of hydrogen-bond acceptors (Lipinski definition) is 5. The molecule has 1 saturated heterocycles. The summed E-state index contributed by atoms with van der Waals surface area (Å²) in [7, 11) is 0. The third kappa shape index (κ3) is 5.29. The van der Waals surface area contributed by atoms with Crippen molar-refractivity contribution in [2.75, 3.05) is 49.5 Å². The van der Waals surface area contributed by atoms with Crippen molar-refractivity contribution in [3.05, 3.63) is 59.7 Å². The first-order chi connectivity index (χ1) is 14.0. The van der Waals surface area contributed by atoms with Crippen LogP contribution in [0.25, 0.3) is 0 Å². The summed E-state index contributed by atoms with van der Waals surface area (Å²) in [6.07, 6.45) is 0. The Bertz CT molecular complexity index is 846. The van der Waals surface area contributed by atoms with Gasteiger partial charge in [0, 0.05) is 37.6 Å². The zero-order valence-corrected chi connectivity index (χ0v) is 16.2. The molecule has 0 bridgehead atoms. The Morgan fingerprint density at radius 3 is 2.21 bits per heavy atom. The van der Waals surface area contributed by atoms with Crippen LogP contribution in [-0.2, 0) is 9.53 Å². The molecule has 0 radical (unpaired) electrons. The maximum Gasteiger partial charge on any atom is 0.344 e. The number of carbonyl (C=O) groups excluding carboxylic acids is 2. The summed E-state index contributed by atoms with van der Waals surface area (Å²) in [5.41, 5.74) is 0.798. The van der Waals surface area contributed by atoms with Crippen molar-refractivity contribution in [3.8, 4) is 0 Å². The molecule has 0 aromatic heterocycles. The molecular weight excluding hydrogens is 380 g/mol. The van der Waals surface area contributed by atoms with Gasteiger partial charge in [-0.1, -0.05) is 13.0 Å². The Balaban J connectivity index is 1.50. The molecule has 2 aromatic rings. The molecule has 8 heteroatoms. The first kappa shape index (κ1) is 20.7. The lowest BCUT2D eigenvalue weighted by Crippen LogP contribution is -2.46. The largest absolute Gasteiger partial charge is 0.452 e. The predicted molar refractivity (Wildman–Crippen MR) is 106 cm³/mol. The SMILES string of the molecule is CCN1CCN(c2ccc(NC(=O)COC(=O)c3c(F)cccc3F)cc2)CC1. The van der Waals surface area contributed by atoms with Crippen LogP contribution in [0.1, 0.15) is 17.3 Å². The fraction of sp³-hybridized carbons (Fsp3) is 0.333. The minimum absolute atomic E-state index is 0.541. The fourth-order valence-corrected chi connectivity index (χ4v) is 3.17. The second-order valence-electron chi connectivity index (χ2n) is 6.69. The molecular formula is C21H23F2N3O3. The van der Waals surface area contributed by atoms with Crippen LogP contribution in [0.15, 0.2) is 42.5 Å². The van der Waals surface area contributed by atoms with E-state index in [1.807, 2.05) is 12.1 Å². The molecule has 0 spiro atoms. The zero-order chi connectivity index (χ0) is 20.8. The zero-order valence-electron chi connectivity index (χ0n) is 16.2. The van der Waals surface area contributed by atoms with Gasteiger partial charge in [-0.3, -0.25) is 4.79 Å². The van der Waals surface area contributed by atoms with E-state index in [-0.39, 0.29) is 0 Å². The quantitative estimate of drug-likeness (QED) is 0.752. The normalized spacial score (nSPS) is 14.5. The molecule has 0 atom stereocenters. The standard InChI is InChI=1S/C21H23F2N3O3/c1-2-25-10-12-26(13-11-25)16-8-6-15(7-9-16)24-19(27)14-29-21(28)20-17(22)4-3-5-18(20)23/h3-9H,2,10-14H2,1H3,(H,24,27). The lowest BCUT2D eigenvalue weighted by atomic mass is 10.2. The van der Waals surface area contributed by atoms with Gasteiger partial charge in [-0.2, -0.15) is 0 Å². The van der Waals surface area contributed by atoms with E-state index in [2.05, 4.69) is 22.0 Å². The maximum absolute atomic E-state index is 13.6. The molecule has 29 heavy (non-hydrogen) atoms. The topological polar surface area (TPSA) is 61.9 Å². The van der Waals surface area contributed by atoms with Crippen molar-refractivity contribution >= 4 is 23.3 Å². The van der Waals surface area contributed by atoms with Gasteiger partial charge in [0.1, 0.15) is 17.2 Å². The molecule has 1 amide bonds. The molecule has 0 aliphatic carbocycles. The van der Waals surface area contributed by atoms with Gasteiger partial charge in [0.2, 0.25) is 0 Å². The number of amides is 1. The van der Waals surface area contributed by atoms with E-state index >= 15 is 0 Å². The Morgan fingerprint density at radius 1 is 1.00 bits per heavy atom. The Labute approximate surface area is 168 Å². The van der Waals surface area contributed by atoms with Gasteiger partial charge >= 0.3 is 5.97 Å². The smallest absolute Gasteiger partial charge is 0.344 e. The minimum Gasteiger partial charge on any atom is -0.452 e. The number of ether oxygens (including phenoxy) is 1. The monoisotopic (exact) mass is 403 g/mol. The summed E-state index contributed by atoms with van der Waals surface area (Å²) >= 11 is 0. The van der Waals surface area contributed by atoms with Crippen LogP contribution in [0.4, 0.5) is 20.2 Å². The lowest BCUT2D eigenvalue weighted by molar-refractivity contribution is -0.119. The number of piperazine rings is 1. The maximum atomic E-state index is 13.6. The van der Waals surface area contributed by atoms with Gasteiger partial charge in [0.25, 0.3) is 5.91 Å². The summed E-state index contributed by atoms with van der Waals surface area (Å²) in [6.45, 7) is 6.48. The highest BCUT2D eigenvalue weighted by Gasteiger charge is 2.20. The number of halogens is 2. The fourth-order valence-electron chi connectivity index (χ4n) is 3.17. The van der Waals surface area contributed by atoms with E-state index in [0.717, 1.165) is 56.6 Å². The number of nitrogens with zero attached hydrogens (tertiary/aromatic N) is 2. The van der Waals surface area contributed by atoms with E-state index < -0.39 is 35.7 Å². The Hall–Kier alpha value is -3.00. The number of esters is 1. The van der Waals surface area contributed by atoms with E-state index in [1.165, 1.54) is 0 Å². The number of benzene rings is 2. The van der Waals surface area contributed by atoms with Crippen LogP contribution in [-0.4, -0.2) is 56.1 Å². The first-order valence-electron chi connectivity index (χ1n) is 9.46. The number of anilines is 2. The van der Waals surface area contributed by atoms with E-state index in [0.29, 0.717) is 5.69 Å². The second-order valence-corrected chi connectivity index (χ2v) is 6.69. The van der Waals surface area contributed by atoms with E-state index in [1.54, 1.807) is 12.1 Å². The van der Waals surface area contributed by atoms with Gasteiger partial charge in [-0.05, 0) is 42.9 Å². The van der Waals surface area contributed by atoms with Crippen LogP contribution in [0.3, 0.4) is 0 Å². The van der Waals surface area contributed by atoms with Crippen LogP contribution >= 0.6 is 0 Å². The average molecular weight is 403 g/mol. The van der Waals surface area contributed by atoms with Crippen LogP contribution in [0.5, 0.6) is 0 Å². The van der Waals surface area contributed by atoms with Crippen molar-refractivity contribution in [1.82, 2.24) is 4.90 Å². The molecule has 0 saturated carbocycles.